The summed E-state index contributed by atoms with van der Waals surface area (Å²) in [5.41, 5.74) is -3.88. The molecule has 2 aliphatic carbocycles. The number of carboxylic acid groups (broad SMARTS) is 2. The van der Waals surface area contributed by atoms with Gasteiger partial charge < -0.3 is 25.6 Å². The fraction of sp³-hybridized carbons (Fsp3) is 0.750. The van der Waals surface area contributed by atoms with E-state index in [1.807, 2.05) is 13.2 Å². The second-order valence-electron chi connectivity index (χ2n) is 10.7. The minimum atomic E-state index is -1.87. The maximum Gasteiger partial charge on any atom is 0.408 e. The highest BCUT2D eigenvalue weighted by Gasteiger charge is 2.87. The normalized spacial score (nSPS) is 30.7. The van der Waals surface area contributed by atoms with E-state index in [0.29, 0.717) is 17.3 Å². The number of alkyl carbamates (subject to hydrolysis) is 1. The fourth-order valence-corrected chi connectivity index (χ4v) is 8.39. The lowest BCUT2D eigenvalue weighted by Gasteiger charge is -2.43. The minimum Gasteiger partial charge on any atom is -0.481 e. The van der Waals surface area contributed by atoms with Gasteiger partial charge in [-0.1, -0.05) is 25.6 Å². The molecular formula is C24H37N5O7S2. The Balaban J connectivity index is 2.03. The number of H-pyrrole nitrogens is 1. The van der Waals surface area contributed by atoms with E-state index in [9.17, 15) is 29.4 Å². The Bertz CT molecular complexity index is 1050. The molecule has 1 aromatic rings. The van der Waals surface area contributed by atoms with Gasteiger partial charge in [-0.15, -0.1) is 0 Å². The van der Waals surface area contributed by atoms with Gasteiger partial charge in [-0.25, -0.2) is 14.6 Å². The molecule has 7 atom stereocenters. The van der Waals surface area contributed by atoms with Crippen molar-refractivity contribution in [2.45, 2.75) is 81.5 Å². The Morgan fingerprint density at radius 2 is 1.92 bits per heavy atom. The predicted molar refractivity (Wildman–Crippen MR) is 142 cm³/mol. The van der Waals surface area contributed by atoms with E-state index in [1.165, 1.54) is 29.9 Å². The molecule has 5 N–H and O–H groups in total. The Labute approximate surface area is 230 Å². The molecule has 2 saturated carbocycles. The highest BCUT2D eigenvalue weighted by Crippen LogP contribution is 2.78. The van der Waals surface area contributed by atoms with Crippen LogP contribution in [0.15, 0.2) is 11.5 Å². The number of carbonyl (C=O) groups excluding carboxylic acids is 2. The van der Waals surface area contributed by atoms with Gasteiger partial charge in [-0.05, 0) is 58.0 Å². The zero-order chi connectivity index (χ0) is 28.5. The molecule has 0 aromatic carbocycles. The van der Waals surface area contributed by atoms with Gasteiger partial charge in [0.25, 0.3) is 0 Å². The van der Waals surface area contributed by atoms with E-state index in [-0.39, 0.29) is 12.8 Å². The SMILES string of the molecule is CCC1[C@H](Sc2ncn[nH]2)[C@@H]2[C@@H](C(=O)O)[C@@]2(CC)[C@]1(NC(=O)[C@H](CCSC)NC(=O)OC(C)(C)C)C(=O)O. The number of nitrogens with one attached hydrogen (secondary N) is 3. The van der Waals surface area contributed by atoms with Crippen molar-refractivity contribution in [3.63, 3.8) is 0 Å². The number of aliphatic carboxylic acids is 2. The summed E-state index contributed by atoms with van der Waals surface area (Å²) < 4.78 is 5.33. The number of aromatic nitrogens is 3. The third-order valence-electron chi connectivity index (χ3n) is 7.65. The number of hydrogen-bond acceptors (Lipinski definition) is 9. The van der Waals surface area contributed by atoms with Gasteiger partial charge in [-0.2, -0.15) is 16.9 Å². The molecule has 1 aromatic heterocycles. The number of ether oxygens (including phenoxy) is 1. The number of aromatic amines is 1. The van der Waals surface area contributed by atoms with Gasteiger partial charge in [0, 0.05) is 16.6 Å². The molecule has 0 radical (unpaired) electrons. The molecule has 2 fully saturated rings. The van der Waals surface area contributed by atoms with Gasteiger partial charge in [0.2, 0.25) is 5.91 Å². The highest BCUT2D eigenvalue weighted by molar-refractivity contribution is 7.99. The standard InChI is InChI=1S/C24H37N5O7S2/c1-7-12-16(38-20-25-11-26-29-20)14-15(18(31)32)23(14,8-2)24(12,19(33)34)28-17(30)13(9-10-37-6)27-21(35)36-22(3,4)5/h11-16H,7-10H2,1-6H3,(H,27,35)(H,28,30)(H,31,32)(H,33,34)(H,25,26,29)/t12?,13-,14-,15-,16-,23-,24+/m0/s1. The smallest absolute Gasteiger partial charge is 0.408 e. The van der Waals surface area contributed by atoms with Gasteiger partial charge >= 0.3 is 18.0 Å². The molecule has 1 unspecified atom stereocenters. The van der Waals surface area contributed by atoms with Crippen LogP contribution in [-0.2, 0) is 19.1 Å². The van der Waals surface area contributed by atoms with Crippen LogP contribution in [-0.4, -0.2) is 83.8 Å². The van der Waals surface area contributed by atoms with Crippen molar-refractivity contribution >= 4 is 47.5 Å². The molecule has 2 aliphatic rings. The number of amides is 2. The zero-order valence-electron chi connectivity index (χ0n) is 22.4. The molecule has 2 amide bonds. The Hall–Kier alpha value is -2.48. The lowest BCUT2D eigenvalue weighted by molar-refractivity contribution is -0.156. The van der Waals surface area contributed by atoms with Gasteiger partial charge in [0.15, 0.2) is 5.16 Å². The maximum absolute atomic E-state index is 13.8. The van der Waals surface area contributed by atoms with Crippen molar-refractivity contribution in [3.8, 4) is 0 Å². The first kappa shape index (κ1) is 30.1. The molecule has 14 heteroatoms. The average molecular weight is 572 g/mol. The summed E-state index contributed by atoms with van der Waals surface area (Å²) in [5.74, 6) is -4.62. The van der Waals surface area contributed by atoms with Crippen LogP contribution in [0.4, 0.5) is 4.79 Å². The summed E-state index contributed by atoms with van der Waals surface area (Å²) in [5, 5.41) is 32.9. The maximum atomic E-state index is 13.8. The Morgan fingerprint density at radius 1 is 1.24 bits per heavy atom. The fourth-order valence-electron chi connectivity index (χ4n) is 6.34. The van der Waals surface area contributed by atoms with Crippen LogP contribution >= 0.6 is 23.5 Å². The first-order valence-corrected chi connectivity index (χ1v) is 14.9. The summed E-state index contributed by atoms with van der Waals surface area (Å²) in [6.07, 6.45) is 3.24. The van der Waals surface area contributed by atoms with Gasteiger partial charge in [0.1, 0.15) is 23.5 Å². The van der Waals surface area contributed by atoms with Crippen LogP contribution in [0.3, 0.4) is 0 Å². The van der Waals surface area contributed by atoms with E-state index >= 15 is 0 Å². The average Bonchev–Trinajstić information content (AvgIpc) is 3.11. The van der Waals surface area contributed by atoms with E-state index in [1.54, 1.807) is 27.7 Å². The second-order valence-corrected chi connectivity index (χ2v) is 12.9. The Kier molecular flexibility index (Phi) is 8.96. The largest absolute Gasteiger partial charge is 0.481 e. The number of thioether (sulfide) groups is 2. The van der Waals surface area contributed by atoms with Crippen LogP contribution in [0.25, 0.3) is 0 Å². The number of nitrogens with zero attached hydrogens (tertiary/aromatic N) is 2. The highest BCUT2D eigenvalue weighted by atomic mass is 32.2. The van der Waals surface area contributed by atoms with Gasteiger partial charge in [-0.3, -0.25) is 14.7 Å². The monoisotopic (exact) mass is 571 g/mol. The van der Waals surface area contributed by atoms with Crippen LogP contribution in [0.1, 0.15) is 53.9 Å². The predicted octanol–water partition coefficient (Wildman–Crippen LogP) is 2.62. The van der Waals surface area contributed by atoms with Crippen LogP contribution in [0, 0.1) is 23.2 Å². The molecule has 12 nitrogen and oxygen atoms in total. The van der Waals surface area contributed by atoms with Crippen molar-refractivity contribution in [1.82, 2.24) is 25.8 Å². The summed E-state index contributed by atoms with van der Waals surface area (Å²) in [6, 6.07) is -1.07. The molecule has 1 heterocycles. The van der Waals surface area contributed by atoms with Crippen LogP contribution in [0.5, 0.6) is 0 Å². The summed E-state index contributed by atoms with van der Waals surface area (Å²) in [6.45, 7) is 8.69. The van der Waals surface area contributed by atoms with E-state index in [0.717, 1.165) is 0 Å². The van der Waals surface area contributed by atoms with Gasteiger partial charge in [0.05, 0.1) is 5.92 Å². The van der Waals surface area contributed by atoms with Crippen molar-refractivity contribution in [2.75, 3.05) is 12.0 Å². The molecule has 3 rings (SSSR count). The number of carbonyl (C=O) groups is 4. The van der Waals surface area contributed by atoms with E-state index in [2.05, 4.69) is 25.8 Å². The zero-order valence-corrected chi connectivity index (χ0v) is 24.1. The molecule has 0 bridgehead atoms. The third kappa shape index (κ3) is 5.21. The summed E-state index contributed by atoms with van der Waals surface area (Å²) in [7, 11) is 0. The lowest BCUT2D eigenvalue weighted by atomic mass is 9.70. The summed E-state index contributed by atoms with van der Waals surface area (Å²) >= 11 is 2.74. The molecular weight excluding hydrogens is 534 g/mol. The topological polar surface area (TPSA) is 184 Å². The van der Waals surface area contributed by atoms with E-state index in [4.69, 9.17) is 4.74 Å². The number of carboxylic acids is 2. The molecule has 212 valence electrons. The first-order valence-electron chi connectivity index (χ1n) is 12.6. The number of rotatable bonds is 12. The minimum absolute atomic E-state index is 0.236. The second kappa shape index (κ2) is 11.3. The summed E-state index contributed by atoms with van der Waals surface area (Å²) in [4.78, 5) is 56.1. The molecule has 38 heavy (non-hydrogen) atoms. The quantitative estimate of drug-likeness (QED) is 0.248. The molecule has 0 aliphatic heterocycles. The van der Waals surface area contributed by atoms with Crippen molar-refractivity contribution in [3.05, 3.63) is 6.33 Å². The third-order valence-corrected chi connectivity index (χ3v) is 9.61. The van der Waals surface area contributed by atoms with Crippen LogP contribution < -0.4 is 10.6 Å². The number of hydrogen-bond donors (Lipinski definition) is 5. The van der Waals surface area contributed by atoms with Crippen LogP contribution in [0.2, 0.25) is 0 Å². The molecule has 0 spiro atoms. The lowest BCUT2D eigenvalue weighted by Crippen LogP contribution is -2.67. The van der Waals surface area contributed by atoms with E-state index < -0.39 is 69.5 Å². The Morgan fingerprint density at radius 3 is 2.39 bits per heavy atom. The number of fused-ring (bicyclic) bond motifs is 1. The van der Waals surface area contributed by atoms with Crippen molar-refractivity contribution in [1.29, 1.82) is 0 Å². The van der Waals surface area contributed by atoms with Crippen molar-refractivity contribution in [2.24, 2.45) is 23.2 Å². The first-order chi connectivity index (χ1) is 17.8. The van der Waals surface area contributed by atoms with Crippen molar-refractivity contribution < 1.29 is 34.1 Å². The molecule has 0 saturated heterocycles.